The minimum Gasteiger partial charge on any atom is -0.306 e. The van der Waals surface area contributed by atoms with Crippen LogP contribution < -0.4 is 5.32 Å². The smallest absolute Gasteiger partial charge is 0.123 e. The van der Waals surface area contributed by atoms with E-state index in [0.29, 0.717) is 0 Å². The lowest BCUT2D eigenvalue weighted by Gasteiger charge is -2.19. The van der Waals surface area contributed by atoms with Gasteiger partial charge in [0.1, 0.15) is 5.82 Å². The molecule has 0 aliphatic heterocycles. The zero-order valence-corrected chi connectivity index (χ0v) is 15.2. The molecule has 0 aliphatic rings. The van der Waals surface area contributed by atoms with Crippen molar-refractivity contribution < 1.29 is 4.39 Å². The zero-order chi connectivity index (χ0) is 15.6. The van der Waals surface area contributed by atoms with Crippen LogP contribution in [0.2, 0.25) is 0 Å². The van der Waals surface area contributed by atoms with Crippen LogP contribution in [0.4, 0.5) is 4.39 Å². The predicted octanol–water partition coefficient (Wildman–Crippen LogP) is 5.65. The number of benzene rings is 1. The minimum absolute atomic E-state index is 0.0150. The second-order valence-electron chi connectivity index (χ2n) is 6.11. The van der Waals surface area contributed by atoms with E-state index in [4.69, 9.17) is 0 Å². The third kappa shape index (κ3) is 3.93. The van der Waals surface area contributed by atoms with E-state index in [-0.39, 0.29) is 17.3 Å². The summed E-state index contributed by atoms with van der Waals surface area (Å²) in [7, 11) is 0. The Morgan fingerprint density at radius 2 is 1.95 bits per heavy atom. The van der Waals surface area contributed by atoms with Gasteiger partial charge in [0.05, 0.1) is 6.04 Å². The Hall–Kier alpha value is -0.710. The molecule has 0 saturated heterocycles. The van der Waals surface area contributed by atoms with E-state index in [2.05, 4.69) is 61.1 Å². The van der Waals surface area contributed by atoms with E-state index in [1.54, 1.807) is 23.5 Å². The van der Waals surface area contributed by atoms with Crippen molar-refractivity contribution in [2.75, 3.05) is 6.54 Å². The average molecular weight is 370 g/mol. The number of thiophene rings is 1. The number of halogens is 2. The van der Waals surface area contributed by atoms with Crippen molar-refractivity contribution in [3.63, 3.8) is 0 Å². The molecule has 0 fully saturated rings. The van der Waals surface area contributed by atoms with Gasteiger partial charge < -0.3 is 5.32 Å². The molecule has 1 N–H and O–H groups in total. The second kappa shape index (κ2) is 6.59. The Labute approximate surface area is 138 Å². The van der Waals surface area contributed by atoms with Gasteiger partial charge in [-0.05, 0) is 47.9 Å². The maximum absolute atomic E-state index is 13.6. The molecule has 4 heteroatoms. The molecule has 2 aromatic rings. The Bertz CT molecular complexity index is 615. The van der Waals surface area contributed by atoms with Crippen LogP contribution in [-0.2, 0) is 5.41 Å². The quantitative estimate of drug-likeness (QED) is 0.734. The third-order valence-electron chi connectivity index (χ3n) is 3.33. The van der Waals surface area contributed by atoms with Gasteiger partial charge in [0.15, 0.2) is 0 Å². The van der Waals surface area contributed by atoms with Crippen LogP contribution in [0.15, 0.2) is 34.8 Å². The molecule has 21 heavy (non-hydrogen) atoms. The van der Waals surface area contributed by atoms with Crippen LogP contribution in [-0.4, -0.2) is 6.54 Å². The molecule has 1 nitrogen and oxygen atoms in total. The van der Waals surface area contributed by atoms with Gasteiger partial charge in [0.25, 0.3) is 0 Å². The van der Waals surface area contributed by atoms with E-state index in [0.717, 1.165) is 16.6 Å². The number of nitrogens with one attached hydrogen (secondary N) is 1. The Balaban J connectivity index is 2.44. The molecule has 114 valence electrons. The normalized spacial score (nSPS) is 13.4. The van der Waals surface area contributed by atoms with Crippen molar-refractivity contribution in [3.05, 3.63) is 55.9 Å². The third-order valence-corrected chi connectivity index (χ3v) is 5.63. The summed E-state index contributed by atoms with van der Waals surface area (Å²) >= 11 is 5.33. The summed E-state index contributed by atoms with van der Waals surface area (Å²) in [4.78, 5) is 2.56. The van der Waals surface area contributed by atoms with Crippen LogP contribution in [0.5, 0.6) is 0 Å². The SMILES string of the molecule is CCNC(c1ccc(C(C)(C)C)s1)c1cc(F)ccc1Br. The molecular formula is C17H21BrFNS. The molecule has 1 atom stereocenters. The fraction of sp³-hybridized carbons (Fsp3) is 0.412. The van der Waals surface area contributed by atoms with Crippen molar-refractivity contribution in [1.82, 2.24) is 5.32 Å². The second-order valence-corrected chi connectivity index (χ2v) is 8.08. The van der Waals surface area contributed by atoms with Gasteiger partial charge in [0.2, 0.25) is 0 Å². The summed E-state index contributed by atoms with van der Waals surface area (Å²) < 4.78 is 14.5. The molecule has 1 unspecified atom stereocenters. The fourth-order valence-electron chi connectivity index (χ4n) is 2.21. The molecule has 0 bridgehead atoms. The van der Waals surface area contributed by atoms with Gasteiger partial charge in [-0.1, -0.05) is 43.6 Å². The summed E-state index contributed by atoms with van der Waals surface area (Å²) in [5, 5.41) is 3.46. The Morgan fingerprint density at radius 3 is 2.52 bits per heavy atom. The van der Waals surface area contributed by atoms with Gasteiger partial charge >= 0.3 is 0 Å². The van der Waals surface area contributed by atoms with Crippen molar-refractivity contribution in [1.29, 1.82) is 0 Å². The largest absolute Gasteiger partial charge is 0.306 e. The highest BCUT2D eigenvalue weighted by Crippen LogP contribution is 2.36. The number of rotatable bonds is 4. The summed E-state index contributed by atoms with van der Waals surface area (Å²) in [6.07, 6.45) is 0. The lowest BCUT2D eigenvalue weighted by atomic mass is 9.95. The highest BCUT2D eigenvalue weighted by atomic mass is 79.9. The maximum Gasteiger partial charge on any atom is 0.123 e. The van der Waals surface area contributed by atoms with E-state index < -0.39 is 0 Å². The molecular weight excluding hydrogens is 349 g/mol. The highest BCUT2D eigenvalue weighted by molar-refractivity contribution is 9.10. The molecule has 0 aliphatic carbocycles. The van der Waals surface area contributed by atoms with Crippen molar-refractivity contribution in [2.24, 2.45) is 0 Å². The number of hydrogen-bond donors (Lipinski definition) is 1. The van der Waals surface area contributed by atoms with Gasteiger partial charge in [-0.15, -0.1) is 11.3 Å². The Morgan fingerprint density at radius 1 is 1.24 bits per heavy atom. The molecule has 2 rings (SSSR count). The molecule has 0 radical (unpaired) electrons. The first-order valence-electron chi connectivity index (χ1n) is 7.11. The van der Waals surface area contributed by atoms with Crippen LogP contribution in [0.25, 0.3) is 0 Å². The molecule has 0 amide bonds. The molecule has 1 aromatic carbocycles. The van der Waals surface area contributed by atoms with Crippen LogP contribution in [0.3, 0.4) is 0 Å². The van der Waals surface area contributed by atoms with E-state index in [9.17, 15) is 4.39 Å². The van der Waals surface area contributed by atoms with Gasteiger partial charge in [-0.25, -0.2) is 4.39 Å². The van der Waals surface area contributed by atoms with E-state index in [1.807, 2.05) is 0 Å². The first-order valence-corrected chi connectivity index (χ1v) is 8.72. The molecule has 1 heterocycles. The first kappa shape index (κ1) is 16.7. The Kier molecular flexibility index (Phi) is 5.23. The van der Waals surface area contributed by atoms with Gasteiger partial charge in [0, 0.05) is 14.2 Å². The van der Waals surface area contributed by atoms with Crippen LogP contribution in [0, 0.1) is 5.82 Å². The van der Waals surface area contributed by atoms with Crippen molar-refractivity contribution in [2.45, 2.75) is 39.2 Å². The minimum atomic E-state index is -0.205. The van der Waals surface area contributed by atoms with Crippen molar-refractivity contribution >= 4 is 27.3 Å². The zero-order valence-electron chi connectivity index (χ0n) is 12.8. The fourth-order valence-corrected chi connectivity index (χ4v) is 3.85. The van der Waals surface area contributed by atoms with Gasteiger partial charge in [-0.2, -0.15) is 0 Å². The highest BCUT2D eigenvalue weighted by Gasteiger charge is 2.22. The summed E-state index contributed by atoms with van der Waals surface area (Å²) in [6, 6.07) is 9.20. The number of hydrogen-bond acceptors (Lipinski definition) is 2. The lowest BCUT2D eigenvalue weighted by molar-refractivity contribution is 0.603. The average Bonchev–Trinajstić information content (AvgIpc) is 2.88. The monoisotopic (exact) mass is 369 g/mol. The van der Waals surface area contributed by atoms with Crippen LogP contribution in [0.1, 0.15) is 49.1 Å². The molecule has 1 aromatic heterocycles. The summed E-state index contributed by atoms with van der Waals surface area (Å²) in [5.74, 6) is -0.205. The van der Waals surface area contributed by atoms with E-state index >= 15 is 0 Å². The summed E-state index contributed by atoms with van der Waals surface area (Å²) in [5.41, 5.74) is 1.08. The van der Waals surface area contributed by atoms with Crippen LogP contribution >= 0.6 is 27.3 Å². The summed E-state index contributed by atoms with van der Waals surface area (Å²) in [6.45, 7) is 9.53. The molecule has 0 saturated carbocycles. The van der Waals surface area contributed by atoms with Gasteiger partial charge in [-0.3, -0.25) is 0 Å². The first-order chi connectivity index (χ1) is 9.82. The lowest BCUT2D eigenvalue weighted by Crippen LogP contribution is -2.21. The molecule has 0 spiro atoms. The topological polar surface area (TPSA) is 12.0 Å². The standard InChI is InChI=1S/C17H21BrFNS/c1-5-20-16(12-10-11(19)6-7-13(12)18)14-8-9-15(21-14)17(2,3)4/h6-10,16,20H,5H2,1-4H3. The predicted molar refractivity (Wildman–Crippen MR) is 92.6 cm³/mol. The van der Waals surface area contributed by atoms with Crippen molar-refractivity contribution in [3.8, 4) is 0 Å². The van der Waals surface area contributed by atoms with E-state index in [1.165, 1.54) is 15.8 Å². The maximum atomic E-state index is 13.6.